The van der Waals surface area contributed by atoms with Crippen molar-refractivity contribution in [1.82, 2.24) is 4.37 Å². The fourth-order valence-corrected chi connectivity index (χ4v) is 2.47. The summed E-state index contributed by atoms with van der Waals surface area (Å²) in [5, 5.41) is 11.7. The van der Waals surface area contributed by atoms with Crippen LogP contribution in [0, 0.1) is 18.3 Å². The molecule has 8 heteroatoms. The van der Waals surface area contributed by atoms with Crippen LogP contribution in [0.4, 0.5) is 10.7 Å². The lowest BCUT2D eigenvalue weighted by Gasteiger charge is -2.13. The largest absolute Gasteiger partial charge is 0.449 e. The van der Waals surface area contributed by atoms with Crippen molar-refractivity contribution in [3.63, 3.8) is 0 Å². The van der Waals surface area contributed by atoms with Crippen molar-refractivity contribution in [2.24, 2.45) is 0 Å². The molecule has 1 unspecified atom stereocenters. The highest BCUT2D eigenvalue weighted by molar-refractivity contribution is 7.10. The molecule has 0 spiro atoms. The van der Waals surface area contributed by atoms with Crippen LogP contribution >= 0.6 is 11.5 Å². The third-order valence-electron chi connectivity index (χ3n) is 3.01. The van der Waals surface area contributed by atoms with Gasteiger partial charge in [-0.3, -0.25) is 4.79 Å². The maximum Gasteiger partial charge on any atom is 0.343 e. The summed E-state index contributed by atoms with van der Waals surface area (Å²) in [6.07, 6.45) is -1.02. The Morgan fingerprint density at radius 3 is 2.83 bits per heavy atom. The van der Waals surface area contributed by atoms with E-state index in [2.05, 4.69) is 9.69 Å². The number of benzene rings is 1. The van der Waals surface area contributed by atoms with Crippen molar-refractivity contribution >= 4 is 34.1 Å². The molecular formula is C15H14N4O3S. The number of hydrogen-bond donors (Lipinski definition) is 2. The number of carbonyl (C=O) groups is 2. The summed E-state index contributed by atoms with van der Waals surface area (Å²) in [6.45, 7) is 3.09. The number of aromatic nitrogens is 1. The van der Waals surface area contributed by atoms with Crippen LogP contribution in [-0.4, -0.2) is 22.4 Å². The summed E-state index contributed by atoms with van der Waals surface area (Å²) in [6, 6.07) is 8.40. The van der Waals surface area contributed by atoms with Crippen molar-refractivity contribution in [1.29, 1.82) is 5.26 Å². The van der Waals surface area contributed by atoms with Gasteiger partial charge in [0.25, 0.3) is 5.91 Å². The second-order valence-corrected chi connectivity index (χ2v) is 5.54. The van der Waals surface area contributed by atoms with E-state index in [-0.39, 0.29) is 10.6 Å². The fourth-order valence-electron chi connectivity index (χ4n) is 1.82. The average Bonchev–Trinajstić information content (AvgIpc) is 2.86. The molecule has 0 aliphatic heterocycles. The van der Waals surface area contributed by atoms with E-state index in [1.807, 2.05) is 6.07 Å². The highest BCUT2D eigenvalue weighted by Crippen LogP contribution is 2.22. The number of nitrogen functional groups attached to an aromatic ring is 1. The Balaban J connectivity index is 2.03. The van der Waals surface area contributed by atoms with Gasteiger partial charge in [0.1, 0.15) is 10.6 Å². The van der Waals surface area contributed by atoms with Crippen LogP contribution in [0.5, 0.6) is 0 Å². The molecule has 7 nitrogen and oxygen atoms in total. The minimum absolute atomic E-state index is 0.182. The van der Waals surface area contributed by atoms with E-state index in [0.717, 1.165) is 11.5 Å². The highest BCUT2D eigenvalue weighted by atomic mass is 32.1. The van der Waals surface area contributed by atoms with E-state index in [0.29, 0.717) is 16.9 Å². The van der Waals surface area contributed by atoms with E-state index in [9.17, 15) is 9.59 Å². The topological polar surface area (TPSA) is 118 Å². The first kappa shape index (κ1) is 16.5. The van der Waals surface area contributed by atoms with Crippen LogP contribution in [-0.2, 0) is 9.53 Å². The zero-order valence-corrected chi connectivity index (χ0v) is 13.3. The number of hydrogen-bond acceptors (Lipinski definition) is 7. The van der Waals surface area contributed by atoms with Gasteiger partial charge in [0.15, 0.2) is 6.10 Å². The number of anilines is 2. The number of nitriles is 1. The van der Waals surface area contributed by atoms with Crippen molar-refractivity contribution < 1.29 is 14.3 Å². The Morgan fingerprint density at radius 1 is 1.48 bits per heavy atom. The predicted molar refractivity (Wildman–Crippen MR) is 85.9 cm³/mol. The van der Waals surface area contributed by atoms with Crippen molar-refractivity contribution in [2.75, 3.05) is 11.1 Å². The molecule has 2 aromatic rings. The van der Waals surface area contributed by atoms with Gasteiger partial charge in [-0.25, -0.2) is 4.79 Å². The third-order valence-corrected chi connectivity index (χ3v) is 3.77. The van der Waals surface area contributed by atoms with Crippen LogP contribution in [0.15, 0.2) is 24.3 Å². The SMILES string of the molecule is Cc1nsc(N)c1C(=O)OC(C)C(=O)Nc1cccc(C#N)c1. The number of carbonyl (C=O) groups excluding carboxylic acids is 2. The molecule has 0 saturated heterocycles. The van der Waals surface area contributed by atoms with E-state index in [4.69, 9.17) is 15.7 Å². The number of nitrogens with two attached hydrogens (primary N) is 1. The molecule has 2 rings (SSSR count). The monoisotopic (exact) mass is 330 g/mol. The van der Waals surface area contributed by atoms with Crippen molar-refractivity contribution in [3.05, 3.63) is 41.1 Å². The fraction of sp³-hybridized carbons (Fsp3) is 0.200. The van der Waals surface area contributed by atoms with Crippen molar-refractivity contribution in [3.8, 4) is 6.07 Å². The molecule has 3 N–H and O–H groups in total. The standard InChI is InChI=1S/C15H14N4O3S/c1-8-12(13(17)23-19-8)15(21)22-9(2)14(20)18-11-5-3-4-10(6-11)7-16/h3-6,9H,17H2,1-2H3,(H,18,20). The lowest BCUT2D eigenvalue weighted by molar-refractivity contribution is -0.123. The normalized spacial score (nSPS) is 11.3. The molecule has 1 aromatic heterocycles. The summed E-state index contributed by atoms with van der Waals surface area (Å²) in [5.41, 5.74) is 7.19. The van der Waals surface area contributed by atoms with Gasteiger partial charge in [0.05, 0.1) is 17.3 Å². The molecule has 0 radical (unpaired) electrons. The highest BCUT2D eigenvalue weighted by Gasteiger charge is 2.23. The average molecular weight is 330 g/mol. The van der Waals surface area contributed by atoms with Gasteiger partial charge in [-0.15, -0.1) is 0 Å². The van der Waals surface area contributed by atoms with E-state index >= 15 is 0 Å². The zero-order chi connectivity index (χ0) is 17.0. The summed E-state index contributed by atoms with van der Waals surface area (Å²) >= 11 is 0.997. The van der Waals surface area contributed by atoms with Gasteiger partial charge < -0.3 is 15.8 Å². The third kappa shape index (κ3) is 3.84. The molecule has 0 fully saturated rings. The number of ether oxygens (including phenoxy) is 1. The van der Waals surface area contributed by atoms with Crippen LogP contribution in [0.1, 0.15) is 28.5 Å². The van der Waals surface area contributed by atoms with Gasteiger partial charge in [0.2, 0.25) is 0 Å². The van der Waals surface area contributed by atoms with E-state index in [1.165, 1.54) is 13.0 Å². The molecule has 118 valence electrons. The summed E-state index contributed by atoms with van der Waals surface area (Å²) in [5.74, 6) is -1.20. The molecule has 23 heavy (non-hydrogen) atoms. The van der Waals surface area contributed by atoms with Crippen molar-refractivity contribution in [2.45, 2.75) is 20.0 Å². The minimum atomic E-state index is -1.02. The van der Waals surface area contributed by atoms with Gasteiger partial charge in [-0.2, -0.15) is 9.64 Å². The molecule has 0 aliphatic rings. The number of nitrogens with zero attached hydrogens (tertiary/aromatic N) is 2. The van der Waals surface area contributed by atoms with Crippen LogP contribution in [0.3, 0.4) is 0 Å². The Bertz CT molecular complexity index is 775. The molecular weight excluding hydrogens is 316 g/mol. The van der Waals surface area contributed by atoms with E-state index < -0.39 is 18.0 Å². The molecule has 1 atom stereocenters. The lowest BCUT2D eigenvalue weighted by atomic mass is 10.2. The summed E-state index contributed by atoms with van der Waals surface area (Å²) in [4.78, 5) is 24.1. The Morgan fingerprint density at radius 2 is 2.22 bits per heavy atom. The molecule has 0 bridgehead atoms. The lowest BCUT2D eigenvalue weighted by Crippen LogP contribution is -2.30. The zero-order valence-electron chi connectivity index (χ0n) is 12.5. The maximum absolute atomic E-state index is 12.1. The predicted octanol–water partition coefficient (Wildman–Crippen LogP) is 2.09. The molecule has 1 heterocycles. The van der Waals surface area contributed by atoms with Crippen LogP contribution < -0.4 is 11.1 Å². The number of esters is 1. The Labute approximate surface area is 136 Å². The second-order valence-electron chi connectivity index (χ2n) is 4.74. The summed E-state index contributed by atoms with van der Waals surface area (Å²) in [7, 11) is 0. The van der Waals surface area contributed by atoms with Gasteiger partial charge in [-0.05, 0) is 43.6 Å². The first-order valence-electron chi connectivity index (χ1n) is 6.66. The minimum Gasteiger partial charge on any atom is -0.449 e. The summed E-state index contributed by atoms with van der Waals surface area (Å²) < 4.78 is 9.08. The number of aryl methyl sites for hydroxylation is 1. The van der Waals surface area contributed by atoms with E-state index in [1.54, 1.807) is 25.1 Å². The molecule has 1 amide bonds. The van der Waals surface area contributed by atoms with Gasteiger partial charge in [0, 0.05) is 5.69 Å². The van der Waals surface area contributed by atoms with Gasteiger partial charge in [-0.1, -0.05) is 6.07 Å². The Hall–Kier alpha value is -2.92. The molecule has 1 aromatic carbocycles. The maximum atomic E-state index is 12.1. The van der Waals surface area contributed by atoms with Gasteiger partial charge >= 0.3 is 5.97 Å². The number of amides is 1. The Kier molecular flexibility index (Phi) is 4.93. The number of rotatable bonds is 4. The first-order chi connectivity index (χ1) is 10.9. The molecule has 0 saturated carbocycles. The second kappa shape index (κ2) is 6.89. The molecule has 0 aliphatic carbocycles. The number of nitrogens with one attached hydrogen (secondary N) is 1. The van der Waals surface area contributed by atoms with Crippen LogP contribution in [0.25, 0.3) is 0 Å². The van der Waals surface area contributed by atoms with Crippen LogP contribution in [0.2, 0.25) is 0 Å². The smallest absolute Gasteiger partial charge is 0.343 e. The first-order valence-corrected chi connectivity index (χ1v) is 7.43. The quantitative estimate of drug-likeness (QED) is 0.829.